The molecule has 12 heteroatoms. The summed E-state index contributed by atoms with van der Waals surface area (Å²) in [6.45, 7) is -0.0902. The molecule has 1 atom stereocenters. The highest BCUT2D eigenvalue weighted by Crippen LogP contribution is 2.33. The number of piperidine rings is 1. The zero-order chi connectivity index (χ0) is 24.5. The standard InChI is InChI=1S/C22H19ClF5N5O/c23-15-3-4-16-14(2-1-7-29-16)18(15)19(34)30-12-17(33-8-5-21(24,25)6-9-33)13-10-31-20(32-11-13)22(26,27)28/h1-4,7,10-11,17H,5-6,8-9,12H2,(H,30,34). The number of nitrogens with zero attached hydrogens (tertiary/aromatic N) is 4. The molecule has 1 N–H and O–H groups in total. The van der Waals surface area contributed by atoms with E-state index in [4.69, 9.17) is 11.6 Å². The van der Waals surface area contributed by atoms with Crippen LogP contribution < -0.4 is 5.32 Å². The van der Waals surface area contributed by atoms with E-state index in [2.05, 4.69) is 20.3 Å². The number of carbonyl (C=O) groups excluding carboxylic acids is 1. The highest BCUT2D eigenvalue weighted by molar-refractivity contribution is 6.35. The second kappa shape index (κ2) is 9.38. The highest BCUT2D eigenvalue weighted by atomic mass is 35.5. The van der Waals surface area contributed by atoms with E-state index < -0.39 is 42.7 Å². The third kappa shape index (κ3) is 5.25. The number of amides is 1. The van der Waals surface area contributed by atoms with Gasteiger partial charge in [-0.05, 0) is 18.2 Å². The van der Waals surface area contributed by atoms with Crippen LogP contribution >= 0.6 is 11.6 Å². The zero-order valence-electron chi connectivity index (χ0n) is 17.6. The van der Waals surface area contributed by atoms with Crippen LogP contribution in [0.25, 0.3) is 10.9 Å². The van der Waals surface area contributed by atoms with Gasteiger partial charge in [-0.1, -0.05) is 17.7 Å². The van der Waals surface area contributed by atoms with Gasteiger partial charge >= 0.3 is 6.18 Å². The number of nitrogens with one attached hydrogen (secondary N) is 1. The SMILES string of the molecule is O=C(NCC(c1cnc(C(F)(F)F)nc1)N1CCC(F)(F)CC1)c1c(Cl)ccc2ncccc12. The Morgan fingerprint density at radius 3 is 2.44 bits per heavy atom. The number of fused-ring (bicyclic) bond motifs is 1. The van der Waals surface area contributed by atoms with Crippen molar-refractivity contribution in [2.75, 3.05) is 19.6 Å². The Morgan fingerprint density at radius 2 is 1.79 bits per heavy atom. The summed E-state index contributed by atoms with van der Waals surface area (Å²) in [4.78, 5) is 25.7. The molecule has 0 radical (unpaired) electrons. The quantitative estimate of drug-likeness (QED) is 0.506. The number of likely N-dealkylation sites (tertiary alicyclic amines) is 1. The molecule has 180 valence electrons. The van der Waals surface area contributed by atoms with E-state index in [0.29, 0.717) is 10.9 Å². The van der Waals surface area contributed by atoms with Crippen molar-refractivity contribution < 1.29 is 26.7 Å². The molecular weight excluding hydrogens is 481 g/mol. The van der Waals surface area contributed by atoms with E-state index in [1.807, 2.05) is 0 Å². The van der Waals surface area contributed by atoms with Crippen molar-refractivity contribution >= 4 is 28.4 Å². The number of benzene rings is 1. The van der Waals surface area contributed by atoms with Gasteiger partial charge in [0.2, 0.25) is 5.82 Å². The maximum atomic E-state index is 13.7. The predicted octanol–water partition coefficient (Wildman–Crippen LogP) is 4.90. The maximum absolute atomic E-state index is 13.7. The first-order valence-electron chi connectivity index (χ1n) is 10.4. The van der Waals surface area contributed by atoms with Crippen molar-refractivity contribution in [3.05, 3.63) is 64.8 Å². The van der Waals surface area contributed by atoms with Gasteiger partial charge in [-0.15, -0.1) is 0 Å². The molecular formula is C22H19ClF5N5O. The first-order chi connectivity index (χ1) is 16.0. The average molecular weight is 500 g/mol. The Labute approximate surface area is 196 Å². The summed E-state index contributed by atoms with van der Waals surface area (Å²) in [5.41, 5.74) is 1.02. The molecule has 2 aromatic heterocycles. The average Bonchev–Trinajstić information content (AvgIpc) is 2.79. The van der Waals surface area contributed by atoms with Crippen molar-refractivity contribution in [3.8, 4) is 0 Å². The molecule has 0 saturated carbocycles. The minimum atomic E-state index is -4.71. The van der Waals surface area contributed by atoms with Crippen LogP contribution in [0.2, 0.25) is 5.02 Å². The lowest BCUT2D eigenvalue weighted by atomic mass is 10.0. The molecule has 1 saturated heterocycles. The minimum Gasteiger partial charge on any atom is -0.350 e. The van der Waals surface area contributed by atoms with Crippen molar-refractivity contribution in [3.63, 3.8) is 0 Å². The fraction of sp³-hybridized carbons (Fsp3) is 0.364. The Bertz CT molecular complexity index is 1180. The number of hydrogen-bond donors (Lipinski definition) is 1. The number of alkyl halides is 5. The zero-order valence-corrected chi connectivity index (χ0v) is 18.4. The van der Waals surface area contributed by atoms with E-state index in [9.17, 15) is 26.7 Å². The first-order valence-corrected chi connectivity index (χ1v) is 10.8. The summed E-state index contributed by atoms with van der Waals surface area (Å²) in [7, 11) is 0. The van der Waals surface area contributed by atoms with Gasteiger partial charge in [0.1, 0.15) is 0 Å². The molecule has 0 bridgehead atoms. The van der Waals surface area contributed by atoms with Crippen molar-refractivity contribution in [2.24, 2.45) is 0 Å². The van der Waals surface area contributed by atoms with Gasteiger partial charge in [-0.2, -0.15) is 13.2 Å². The molecule has 3 heterocycles. The molecule has 1 amide bonds. The first kappa shape index (κ1) is 24.2. The monoisotopic (exact) mass is 499 g/mol. The van der Waals surface area contributed by atoms with Gasteiger partial charge in [-0.25, -0.2) is 18.7 Å². The molecule has 1 unspecified atom stereocenters. The van der Waals surface area contributed by atoms with Gasteiger partial charge < -0.3 is 5.32 Å². The van der Waals surface area contributed by atoms with E-state index in [0.717, 1.165) is 12.4 Å². The number of aromatic nitrogens is 3. The Balaban J connectivity index is 1.59. The molecule has 1 aliphatic heterocycles. The molecule has 4 rings (SSSR count). The summed E-state index contributed by atoms with van der Waals surface area (Å²) < 4.78 is 66.0. The van der Waals surface area contributed by atoms with E-state index in [-0.39, 0.29) is 35.8 Å². The summed E-state index contributed by atoms with van der Waals surface area (Å²) in [5.74, 6) is -4.65. The van der Waals surface area contributed by atoms with Crippen molar-refractivity contribution in [1.82, 2.24) is 25.2 Å². The molecule has 1 aromatic carbocycles. The van der Waals surface area contributed by atoms with Crippen molar-refractivity contribution in [2.45, 2.75) is 31.0 Å². The number of rotatable bonds is 5. The Kier molecular flexibility index (Phi) is 6.68. The molecule has 1 aliphatic rings. The summed E-state index contributed by atoms with van der Waals surface area (Å²) in [6.07, 6.45) is -1.93. The Hall–Kier alpha value is -2.92. The molecule has 0 spiro atoms. The predicted molar refractivity (Wildman–Crippen MR) is 115 cm³/mol. The summed E-state index contributed by atoms with van der Waals surface area (Å²) in [6, 6.07) is 5.85. The second-order valence-electron chi connectivity index (χ2n) is 7.95. The van der Waals surface area contributed by atoms with Crippen LogP contribution in [0.4, 0.5) is 22.0 Å². The van der Waals surface area contributed by atoms with Gasteiger partial charge in [-0.3, -0.25) is 14.7 Å². The number of hydrogen-bond acceptors (Lipinski definition) is 5. The normalized spacial score (nSPS) is 17.5. The summed E-state index contributed by atoms with van der Waals surface area (Å²) >= 11 is 6.26. The number of carbonyl (C=O) groups is 1. The van der Waals surface area contributed by atoms with Crippen LogP contribution in [0, 0.1) is 0 Å². The van der Waals surface area contributed by atoms with Crippen LogP contribution in [0.3, 0.4) is 0 Å². The lowest BCUT2D eigenvalue weighted by molar-refractivity contribution is -0.145. The van der Waals surface area contributed by atoms with Crippen molar-refractivity contribution in [1.29, 1.82) is 0 Å². The Morgan fingerprint density at radius 1 is 1.12 bits per heavy atom. The van der Waals surface area contributed by atoms with E-state index in [1.54, 1.807) is 35.4 Å². The van der Waals surface area contributed by atoms with Crippen LogP contribution in [0.1, 0.15) is 40.6 Å². The van der Waals surface area contributed by atoms with Crippen LogP contribution in [-0.2, 0) is 6.18 Å². The second-order valence-corrected chi connectivity index (χ2v) is 8.36. The fourth-order valence-corrected chi connectivity index (χ4v) is 4.16. The van der Waals surface area contributed by atoms with E-state index >= 15 is 0 Å². The van der Waals surface area contributed by atoms with Gasteiger partial charge in [0.25, 0.3) is 11.8 Å². The number of pyridine rings is 1. The number of halogens is 6. The molecule has 0 aliphatic carbocycles. The fourth-order valence-electron chi connectivity index (χ4n) is 3.91. The third-order valence-electron chi connectivity index (χ3n) is 5.70. The molecule has 34 heavy (non-hydrogen) atoms. The third-order valence-corrected chi connectivity index (χ3v) is 6.01. The summed E-state index contributed by atoms with van der Waals surface area (Å²) in [5, 5.41) is 3.46. The van der Waals surface area contributed by atoms with Gasteiger partial charge in [0.05, 0.1) is 22.1 Å². The molecule has 3 aromatic rings. The van der Waals surface area contributed by atoms with Crippen LogP contribution in [0.15, 0.2) is 42.9 Å². The lowest BCUT2D eigenvalue weighted by Crippen LogP contribution is -2.45. The van der Waals surface area contributed by atoms with Gasteiger partial charge in [0, 0.05) is 62.0 Å². The van der Waals surface area contributed by atoms with Crippen LogP contribution in [-0.4, -0.2) is 51.3 Å². The minimum absolute atomic E-state index is 0.00645. The highest BCUT2D eigenvalue weighted by Gasteiger charge is 2.38. The van der Waals surface area contributed by atoms with Gasteiger partial charge in [0.15, 0.2) is 0 Å². The molecule has 1 fully saturated rings. The topological polar surface area (TPSA) is 71.0 Å². The van der Waals surface area contributed by atoms with E-state index in [1.165, 1.54) is 0 Å². The maximum Gasteiger partial charge on any atom is 0.451 e. The lowest BCUT2D eigenvalue weighted by Gasteiger charge is -2.37. The molecule has 6 nitrogen and oxygen atoms in total. The smallest absolute Gasteiger partial charge is 0.350 e. The largest absolute Gasteiger partial charge is 0.451 e. The van der Waals surface area contributed by atoms with Crippen LogP contribution in [0.5, 0.6) is 0 Å².